The van der Waals surface area contributed by atoms with Crippen LogP contribution in [0.3, 0.4) is 0 Å². The first kappa shape index (κ1) is 32.7. The molecule has 7 rings (SSSR count). The second-order valence-corrected chi connectivity index (χ2v) is 13.4. The summed E-state index contributed by atoms with van der Waals surface area (Å²) in [5, 5.41) is 19.8. The molecular formula is C33H19Cl2F5N2O7. The van der Waals surface area contributed by atoms with E-state index in [0.717, 1.165) is 17.0 Å². The number of carbonyl (C=O) groups excluding carboxylic acids is 4. The van der Waals surface area contributed by atoms with E-state index in [2.05, 4.69) is 0 Å². The largest absolute Gasteiger partial charge is 0.508 e. The number of allylic oxidation sites excluding steroid dienone is 2. The summed E-state index contributed by atoms with van der Waals surface area (Å²) in [6.45, 7) is 0. The number of hydrogen-bond acceptors (Lipinski definition) is 6. The summed E-state index contributed by atoms with van der Waals surface area (Å²) in [5.41, 5.74) is -1.94. The molecule has 3 aromatic carbocycles. The maximum atomic E-state index is 15.1. The molecule has 0 radical (unpaired) electrons. The van der Waals surface area contributed by atoms with E-state index in [9.17, 15) is 47.4 Å². The third-order valence-corrected chi connectivity index (χ3v) is 11.2. The molecule has 1 saturated carbocycles. The number of benzene rings is 3. The van der Waals surface area contributed by atoms with Crippen LogP contribution in [-0.4, -0.2) is 49.6 Å². The van der Waals surface area contributed by atoms with Gasteiger partial charge in [-0.3, -0.25) is 24.1 Å². The topological polar surface area (TPSA) is 132 Å². The second kappa shape index (κ2) is 10.8. The monoisotopic (exact) mass is 720 g/mol. The van der Waals surface area contributed by atoms with Crippen molar-refractivity contribution in [3.63, 3.8) is 0 Å². The summed E-state index contributed by atoms with van der Waals surface area (Å²) in [6, 6.07) is 10.2. The summed E-state index contributed by atoms with van der Waals surface area (Å²) in [6.07, 6.45) is 0.679. The van der Waals surface area contributed by atoms with Gasteiger partial charge in [0.2, 0.25) is 17.6 Å². The lowest BCUT2D eigenvalue weighted by Crippen LogP contribution is -2.60. The zero-order valence-electron chi connectivity index (χ0n) is 24.4. The number of carboxylic acids is 1. The SMILES string of the molecule is O=C(O)c1cccc(N2C(=O)C3CC=C4C(CC5(Cl)C(=O)N(c6c(F)c(F)c(F)c(F)c6F)C(=O)C5(Cl)C4c4cccc(O)c4)C3C2=O)c1. The molecule has 6 atom stereocenters. The Morgan fingerprint density at radius 2 is 1.43 bits per heavy atom. The van der Waals surface area contributed by atoms with Crippen molar-refractivity contribution in [2.24, 2.45) is 17.8 Å². The first-order chi connectivity index (χ1) is 23.1. The van der Waals surface area contributed by atoms with E-state index >= 15 is 8.78 Å². The molecule has 49 heavy (non-hydrogen) atoms. The molecule has 0 spiro atoms. The zero-order chi connectivity index (χ0) is 35.5. The smallest absolute Gasteiger partial charge is 0.335 e. The molecule has 6 unspecified atom stereocenters. The van der Waals surface area contributed by atoms with Crippen LogP contribution in [0.5, 0.6) is 5.75 Å². The van der Waals surface area contributed by atoms with Crippen molar-refractivity contribution < 1.29 is 56.1 Å². The first-order valence-electron chi connectivity index (χ1n) is 14.5. The fraction of sp³-hybridized carbons (Fsp3) is 0.242. The quantitative estimate of drug-likeness (QED) is 0.0902. The van der Waals surface area contributed by atoms with Gasteiger partial charge in [0.1, 0.15) is 11.4 Å². The number of carboxylic acid groups (broad SMARTS) is 1. The Balaban J connectivity index is 1.41. The maximum absolute atomic E-state index is 15.1. The van der Waals surface area contributed by atoms with Crippen molar-refractivity contribution in [1.29, 1.82) is 0 Å². The fourth-order valence-corrected chi connectivity index (χ4v) is 8.61. The van der Waals surface area contributed by atoms with Crippen LogP contribution in [0.15, 0.2) is 60.2 Å². The number of rotatable bonds is 4. The van der Waals surface area contributed by atoms with Gasteiger partial charge in [-0.25, -0.2) is 31.6 Å². The van der Waals surface area contributed by atoms with Crippen molar-refractivity contribution in [3.8, 4) is 5.75 Å². The number of hydrogen-bond donors (Lipinski definition) is 2. The number of aromatic hydroxyl groups is 1. The molecule has 0 aromatic heterocycles. The Morgan fingerprint density at radius 1 is 0.796 bits per heavy atom. The number of anilines is 2. The molecule has 9 nitrogen and oxygen atoms in total. The van der Waals surface area contributed by atoms with E-state index in [0.29, 0.717) is 0 Å². The average molecular weight is 721 g/mol. The van der Waals surface area contributed by atoms with Crippen molar-refractivity contribution in [2.45, 2.75) is 28.5 Å². The Hall–Kier alpha value is -4.82. The minimum Gasteiger partial charge on any atom is -0.508 e. The lowest BCUT2D eigenvalue weighted by atomic mass is 9.56. The lowest BCUT2D eigenvalue weighted by Gasteiger charge is -2.50. The highest BCUT2D eigenvalue weighted by molar-refractivity contribution is 6.58. The van der Waals surface area contributed by atoms with Gasteiger partial charge in [0, 0.05) is 5.92 Å². The van der Waals surface area contributed by atoms with Crippen molar-refractivity contribution in [1.82, 2.24) is 0 Å². The van der Waals surface area contributed by atoms with Crippen LogP contribution in [-0.2, 0) is 19.2 Å². The number of alkyl halides is 2. The van der Waals surface area contributed by atoms with Crippen molar-refractivity contribution in [2.75, 3.05) is 9.80 Å². The molecule has 252 valence electrons. The summed E-state index contributed by atoms with van der Waals surface area (Å²) < 4.78 is 72.9. The maximum Gasteiger partial charge on any atom is 0.335 e. The predicted octanol–water partition coefficient (Wildman–Crippen LogP) is 5.55. The number of nitrogens with zero attached hydrogens (tertiary/aromatic N) is 2. The summed E-state index contributed by atoms with van der Waals surface area (Å²) in [4.78, 5) is 62.9. The Bertz CT molecular complexity index is 2080. The highest BCUT2D eigenvalue weighted by Crippen LogP contribution is 2.66. The van der Waals surface area contributed by atoms with E-state index < -0.39 is 104 Å². The van der Waals surface area contributed by atoms with Gasteiger partial charge >= 0.3 is 5.97 Å². The molecule has 2 N–H and O–H groups in total. The average Bonchev–Trinajstić information content (AvgIpc) is 3.41. The summed E-state index contributed by atoms with van der Waals surface area (Å²) in [5.74, 6) is -24.0. The summed E-state index contributed by atoms with van der Waals surface area (Å²) >= 11 is 14.1. The van der Waals surface area contributed by atoms with Crippen molar-refractivity contribution >= 4 is 64.2 Å². The Kier molecular flexibility index (Phi) is 7.24. The molecule has 16 heteroatoms. The third-order valence-electron chi connectivity index (χ3n) is 9.78. The van der Waals surface area contributed by atoms with Gasteiger partial charge in [-0.1, -0.05) is 29.8 Å². The standard InChI is InChI=1S/C33H19Cl2F5N2O7/c34-32-11-18-16(7-8-17-19(18)28(45)41(27(17)44)14-5-1-4-13(9-14)29(46)47)20(12-3-2-6-15(43)10-12)33(32,35)31(49)42(30(32)48)26-24(39)22(37)21(36)23(38)25(26)40/h1-7,9-10,17-20,43H,8,11H2,(H,46,47). The van der Waals surface area contributed by atoms with E-state index in [-0.39, 0.29) is 39.5 Å². The first-order valence-corrected chi connectivity index (χ1v) is 15.3. The number of phenols is 1. The molecule has 2 saturated heterocycles. The minimum atomic E-state index is -2.73. The van der Waals surface area contributed by atoms with Crippen LogP contribution < -0.4 is 9.80 Å². The summed E-state index contributed by atoms with van der Waals surface area (Å²) in [7, 11) is 0. The number of carbonyl (C=O) groups is 5. The third kappa shape index (κ3) is 4.19. The van der Waals surface area contributed by atoms with Crippen LogP contribution >= 0.6 is 23.2 Å². The van der Waals surface area contributed by atoms with E-state index in [4.69, 9.17) is 23.2 Å². The highest BCUT2D eigenvalue weighted by atomic mass is 35.5. The number of aromatic carboxylic acids is 1. The van der Waals surface area contributed by atoms with E-state index in [1.807, 2.05) is 0 Å². The highest BCUT2D eigenvalue weighted by Gasteiger charge is 2.77. The molecule has 3 fully saturated rings. The molecule has 2 heterocycles. The minimum absolute atomic E-state index is 0.0395. The van der Waals surface area contributed by atoms with Crippen LogP contribution in [0.2, 0.25) is 0 Å². The predicted molar refractivity (Wildman–Crippen MR) is 160 cm³/mol. The van der Waals surface area contributed by atoms with E-state index in [1.165, 1.54) is 42.5 Å². The number of fused-ring (bicyclic) bond motifs is 4. The molecular weight excluding hydrogens is 702 g/mol. The van der Waals surface area contributed by atoms with E-state index in [1.54, 1.807) is 0 Å². The van der Waals surface area contributed by atoms with Crippen LogP contribution in [0.1, 0.15) is 34.7 Å². The molecule has 2 aliphatic carbocycles. The number of imide groups is 2. The number of halogens is 7. The molecule has 2 aliphatic heterocycles. The number of phenolic OH excluding ortho intramolecular Hbond substituents is 1. The second-order valence-electron chi connectivity index (χ2n) is 12.2. The van der Waals surface area contributed by atoms with Gasteiger partial charge in [-0.2, -0.15) is 0 Å². The van der Waals surface area contributed by atoms with Gasteiger partial charge in [0.25, 0.3) is 11.8 Å². The number of amides is 4. The molecule has 3 aromatic rings. The molecule has 0 bridgehead atoms. The van der Waals surface area contributed by atoms with Gasteiger partial charge < -0.3 is 10.2 Å². The Morgan fingerprint density at radius 3 is 2.06 bits per heavy atom. The fourth-order valence-electron chi connectivity index (χ4n) is 7.68. The van der Waals surface area contributed by atoms with Crippen molar-refractivity contribution in [3.05, 3.63) is 100 Å². The normalized spacial score (nSPS) is 29.2. The van der Waals surface area contributed by atoms with Gasteiger partial charge in [0.15, 0.2) is 33.0 Å². The zero-order valence-corrected chi connectivity index (χ0v) is 25.9. The van der Waals surface area contributed by atoms with Gasteiger partial charge in [-0.15, -0.1) is 23.2 Å². The lowest BCUT2D eigenvalue weighted by molar-refractivity contribution is -0.125. The van der Waals surface area contributed by atoms with Gasteiger partial charge in [0.05, 0.1) is 23.1 Å². The van der Waals surface area contributed by atoms with Crippen LogP contribution in [0.4, 0.5) is 33.3 Å². The molecule has 4 aliphatic rings. The van der Waals surface area contributed by atoms with Crippen LogP contribution in [0.25, 0.3) is 0 Å². The Labute approximate surface area is 282 Å². The van der Waals surface area contributed by atoms with Crippen LogP contribution in [0, 0.1) is 46.8 Å². The molecule has 4 amide bonds. The van der Waals surface area contributed by atoms with Gasteiger partial charge in [-0.05, 0) is 54.7 Å².